The molecule has 0 aliphatic heterocycles. The summed E-state index contributed by atoms with van der Waals surface area (Å²) in [4.78, 5) is 23.1. The lowest BCUT2D eigenvalue weighted by Crippen LogP contribution is -2.37. The largest absolute Gasteiger partial charge is 0.507 e. The second-order valence-electron chi connectivity index (χ2n) is 4.67. The molecule has 0 fully saturated rings. The molecule has 24 heavy (non-hydrogen) atoms. The second kappa shape index (κ2) is 8.28. The summed E-state index contributed by atoms with van der Waals surface area (Å²) in [5.41, 5.74) is 3.05. The van der Waals surface area contributed by atoms with Crippen LogP contribution in [-0.2, 0) is 4.79 Å². The molecule has 2 aromatic carbocycles. The van der Waals surface area contributed by atoms with Crippen LogP contribution >= 0.6 is 0 Å². The maximum absolute atomic E-state index is 12.7. The summed E-state index contributed by atoms with van der Waals surface area (Å²) in [5.74, 6) is -0.925. The van der Waals surface area contributed by atoms with Gasteiger partial charge in [0.2, 0.25) is 0 Å². The Morgan fingerprint density at radius 2 is 1.83 bits per heavy atom. The van der Waals surface area contributed by atoms with Gasteiger partial charge in [-0.3, -0.25) is 4.79 Å². The quantitative estimate of drug-likeness (QED) is 0.496. The Labute approximate surface area is 137 Å². The summed E-state index contributed by atoms with van der Waals surface area (Å²) in [6.45, 7) is -0.300. The second-order valence-corrected chi connectivity index (χ2v) is 4.67. The maximum Gasteiger partial charge on any atom is 0.319 e. The normalized spacial score (nSPS) is 10.4. The van der Waals surface area contributed by atoms with Gasteiger partial charge in [0.05, 0.1) is 6.21 Å². The predicted molar refractivity (Wildman–Crippen MR) is 87.3 cm³/mol. The molecule has 124 valence electrons. The van der Waals surface area contributed by atoms with E-state index in [1.165, 1.54) is 36.5 Å². The van der Waals surface area contributed by atoms with Crippen molar-refractivity contribution in [2.75, 3.05) is 11.9 Å². The minimum absolute atomic E-state index is 0.0345. The van der Waals surface area contributed by atoms with Gasteiger partial charge in [0.25, 0.3) is 5.91 Å². The third-order valence-corrected chi connectivity index (χ3v) is 2.84. The Morgan fingerprint density at radius 1 is 1.12 bits per heavy atom. The van der Waals surface area contributed by atoms with Crippen molar-refractivity contribution in [2.24, 2.45) is 5.10 Å². The number of para-hydroxylation sites is 1. The van der Waals surface area contributed by atoms with Crippen molar-refractivity contribution in [3.8, 4) is 5.75 Å². The molecule has 0 unspecified atom stereocenters. The summed E-state index contributed by atoms with van der Waals surface area (Å²) < 4.78 is 12.7. The number of halogens is 1. The molecule has 0 bridgehead atoms. The highest BCUT2D eigenvalue weighted by Crippen LogP contribution is 2.12. The number of phenolic OH excluding ortho intramolecular Hbond substituents is 1. The van der Waals surface area contributed by atoms with E-state index in [1.54, 1.807) is 18.2 Å². The number of nitrogens with zero attached hydrogens (tertiary/aromatic N) is 1. The van der Waals surface area contributed by atoms with Crippen LogP contribution < -0.4 is 16.1 Å². The third-order valence-electron chi connectivity index (χ3n) is 2.84. The molecule has 0 aliphatic carbocycles. The first-order valence-electron chi connectivity index (χ1n) is 6.95. The molecule has 2 rings (SSSR count). The molecule has 7 nitrogen and oxygen atoms in total. The summed E-state index contributed by atoms with van der Waals surface area (Å²) in [7, 11) is 0. The van der Waals surface area contributed by atoms with Crippen LogP contribution in [-0.4, -0.2) is 29.8 Å². The Kier molecular flexibility index (Phi) is 5.84. The van der Waals surface area contributed by atoms with Crippen LogP contribution in [0.5, 0.6) is 5.75 Å². The monoisotopic (exact) mass is 330 g/mol. The van der Waals surface area contributed by atoms with E-state index >= 15 is 0 Å². The summed E-state index contributed by atoms with van der Waals surface area (Å²) in [5, 5.41) is 18.0. The lowest BCUT2D eigenvalue weighted by Gasteiger charge is -2.06. The number of urea groups is 1. The highest BCUT2D eigenvalue weighted by molar-refractivity contribution is 5.92. The standard InChI is InChI=1S/C16H15FN4O3/c17-12-5-7-13(8-6-12)20-16(24)18-10-15(23)21-19-9-11-3-1-2-4-14(11)22/h1-9,22H,10H2,(H,21,23)(H2,18,20,24). The minimum Gasteiger partial charge on any atom is -0.507 e. The molecule has 0 saturated heterocycles. The first-order valence-corrected chi connectivity index (χ1v) is 6.95. The van der Waals surface area contributed by atoms with Crippen LogP contribution in [0.2, 0.25) is 0 Å². The number of nitrogens with one attached hydrogen (secondary N) is 3. The van der Waals surface area contributed by atoms with E-state index in [1.807, 2.05) is 0 Å². The zero-order chi connectivity index (χ0) is 17.4. The van der Waals surface area contributed by atoms with Crippen LogP contribution in [0, 0.1) is 5.82 Å². The van der Waals surface area contributed by atoms with E-state index in [9.17, 15) is 19.1 Å². The van der Waals surface area contributed by atoms with E-state index in [-0.39, 0.29) is 12.3 Å². The number of hydrogen-bond donors (Lipinski definition) is 4. The van der Waals surface area contributed by atoms with Crippen LogP contribution in [0.15, 0.2) is 53.6 Å². The number of amides is 3. The van der Waals surface area contributed by atoms with E-state index < -0.39 is 17.8 Å². The Hall–Kier alpha value is -3.42. The average molecular weight is 330 g/mol. The van der Waals surface area contributed by atoms with Gasteiger partial charge in [-0.25, -0.2) is 14.6 Å². The first kappa shape index (κ1) is 16.9. The number of aromatic hydroxyl groups is 1. The van der Waals surface area contributed by atoms with Crippen LogP contribution in [0.1, 0.15) is 5.56 Å². The molecule has 0 saturated carbocycles. The molecule has 2 aromatic rings. The van der Waals surface area contributed by atoms with E-state index in [4.69, 9.17) is 0 Å². The Morgan fingerprint density at radius 3 is 2.54 bits per heavy atom. The highest BCUT2D eigenvalue weighted by atomic mass is 19.1. The van der Waals surface area contributed by atoms with Gasteiger partial charge in [-0.05, 0) is 36.4 Å². The first-order chi connectivity index (χ1) is 11.5. The Balaban J connectivity index is 1.73. The predicted octanol–water partition coefficient (Wildman–Crippen LogP) is 1.80. The van der Waals surface area contributed by atoms with Crippen molar-refractivity contribution >= 4 is 23.8 Å². The molecule has 3 amide bonds. The number of phenols is 1. The average Bonchev–Trinajstić information content (AvgIpc) is 2.57. The van der Waals surface area contributed by atoms with Crippen molar-refractivity contribution in [1.82, 2.24) is 10.7 Å². The molecule has 0 aromatic heterocycles. The zero-order valence-corrected chi connectivity index (χ0v) is 12.5. The fourth-order valence-electron chi connectivity index (χ4n) is 1.68. The molecule has 0 radical (unpaired) electrons. The number of anilines is 1. The number of hydrogen-bond acceptors (Lipinski definition) is 4. The third kappa shape index (κ3) is 5.41. The van der Waals surface area contributed by atoms with Gasteiger partial charge in [0.1, 0.15) is 18.1 Å². The maximum atomic E-state index is 12.7. The number of hydrazone groups is 1. The number of benzene rings is 2. The van der Waals surface area contributed by atoms with Gasteiger partial charge < -0.3 is 15.7 Å². The topological polar surface area (TPSA) is 103 Å². The van der Waals surface area contributed by atoms with Gasteiger partial charge in [0, 0.05) is 11.3 Å². The van der Waals surface area contributed by atoms with Crippen molar-refractivity contribution in [3.63, 3.8) is 0 Å². The summed E-state index contributed by atoms with van der Waals surface area (Å²) in [6, 6.07) is 11.1. The molecule has 0 heterocycles. The molecule has 0 aliphatic rings. The number of carbonyl (C=O) groups is 2. The van der Waals surface area contributed by atoms with E-state index in [0.717, 1.165) is 0 Å². The summed E-state index contributed by atoms with van der Waals surface area (Å²) >= 11 is 0. The van der Waals surface area contributed by atoms with Crippen molar-refractivity contribution in [1.29, 1.82) is 0 Å². The Bertz CT molecular complexity index is 747. The van der Waals surface area contributed by atoms with Crippen LogP contribution in [0.3, 0.4) is 0 Å². The molecular formula is C16H15FN4O3. The van der Waals surface area contributed by atoms with Crippen LogP contribution in [0.4, 0.5) is 14.9 Å². The van der Waals surface area contributed by atoms with Gasteiger partial charge in [-0.2, -0.15) is 5.10 Å². The number of carbonyl (C=O) groups excluding carboxylic acids is 2. The van der Waals surface area contributed by atoms with Crippen molar-refractivity contribution in [3.05, 3.63) is 59.9 Å². The smallest absolute Gasteiger partial charge is 0.319 e. The lowest BCUT2D eigenvalue weighted by molar-refractivity contribution is -0.120. The van der Waals surface area contributed by atoms with E-state index in [0.29, 0.717) is 11.3 Å². The summed E-state index contributed by atoms with van der Waals surface area (Å²) in [6.07, 6.45) is 1.28. The highest BCUT2D eigenvalue weighted by Gasteiger charge is 2.05. The van der Waals surface area contributed by atoms with Crippen LogP contribution in [0.25, 0.3) is 0 Å². The zero-order valence-electron chi connectivity index (χ0n) is 12.5. The number of rotatable bonds is 5. The van der Waals surface area contributed by atoms with Gasteiger partial charge in [-0.1, -0.05) is 12.1 Å². The molecule has 8 heteroatoms. The van der Waals surface area contributed by atoms with Gasteiger partial charge in [0.15, 0.2) is 0 Å². The fourth-order valence-corrected chi connectivity index (χ4v) is 1.68. The molecule has 0 atom stereocenters. The molecule has 4 N–H and O–H groups in total. The lowest BCUT2D eigenvalue weighted by atomic mass is 10.2. The fraction of sp³-hybridized carbons (Fsp3) is 0.0625. The van der Waals surface area contributed by atoms with Crippen molar-refractivity contribution < 1.29 is 19.1 Å². The molecular weight excluding hydrogens is 315 g/mol. The van der Waals surface area contributed by atoms with E-state index in [2.05, 4.69) is 21.2 Å². The minimum atomic E-state index is -0.610. The SMILES string of the molecule is O=C(CNC(=O)Nc1ccc(F)cc1)NN=Cc1ccccc1O. The van der Waals surface area contributed by atoms with Gasteiger partial charge in [-0.15, -0.1) is 0 Å². The molecule has 0 spiro atoms. The van der Waals surface area contributed by atoms with Gasteiger partial charge >= 0.3 is 6.03 Å². The van der Waals surface area contributed by atoms with Crippen molar-refractivity contribution in [2.45, 2.75) is 0 Å².